The van der Waals surface area contributed by atoms with Crippen molar-refractivity contribution in [2.45, 2.75) is 18.9 Å². The second-order valence-corrected chi connectivity index (χ2v) is 5.09. The highest BCUT2D eigenvalue weighted by molar-refractivity contribution is 9.10. The third-order valence-electron chi connectivity index (χ3n) is 1.95. The number of aromatic nitrogens is 1. The lowest BCUT2D eigenvalue weighted by molar-refractivity contribution is 0.918. The summed E-state index contributed by atoms with van der Waals surface area (Å²) in [5.74, 6) is 0.581. The first-order valence-electron chi connectivity index (χ1n) is 4.54. The summed E-state index contributed by atoms with van der Waals surface area (Å²) in [6.45, 7) is 0. The number of halogens is 2. The Morgan fingerprint density at radius 1 is 1.60 bits per heavy atom. The highest BCUT2D eigenvalue weighted by atomic mass is 79.9. The van der Waals surface area contributed by atoms with Crippen LogP contribution in [0.4, 0.5) is 5.82 Å². The van der Waals surface area contributed by atoms with E-state index in [2.05, 4.69) is 31.5 Å². The number of thiocarbonyl (C=S) groups is 1. The van der Waals surface area contributed by atoms with Crippen molar-refractivity contribution < 1.29 is 0 Å². The predicted octanol–water partition coefficient (Wildman–Crippen LogP) is 2.95. The van der Waals surface area contributed by atoms with E-state index in [1.165, 1.54) is 12.8 Å². The van der Waals surface area contributed by atoms with Gasteiger partial charge < -0.3 is 10.6 Å². The summed E-state index contributed by atoms with van der Waals surface area (Å²) in [6.07, 6.45) is 4.04. The van der Waals surface area contributed by atoms with Crippen LogP contribution in [-0.4, -0.2) is 16.1 Å². The third kappa shape index (κ3) is 3.29. The molecule has 0 spiro atoms. The summed E-state index contributed by atoms with van der Waals surface area (Å²) in [5, 5.41) is 7.24. The molecule has 0 unspecified atom stereocenters. The first-order chi connectivity index (χ1) is 7.15. The summed E-state index contributed by atoms with van der Waals surface area (Å²) in [4.78, 5) is 4.13. The lowest BCUT2D eigenvalue weighted by Crippen LogP contribution is -2.30. The van der Waals surface area contributed by atoms with Crippen LogP contribution in [-0.2, 0) is 0 Å². The normalized spacial score (nSPS) is 14.8. The van der Waals surface area contributed by atoms with Gasteiger partial charge in [0.25, 0.3) is 0 Å². The minimum atomic E-state index is 0.527. The van der Waals surface area contributed by atoms with E-state index in [1.54, 1.807) is 12.3 Å². The summed E-state index contributed by atoms with van der Waals surface area (Å²) in [7, 11) is 0. The Balaban J connectivity index is 1.99. The fraction of sp³-hybridized carbons (Fsp3) is 0.333. The molecule has 3 nitrogen and oxygen atoms in total. The summed E-state index contributed by atoms with van der Waals surface area (Å²) in [6, 6.07) is 2.30. The van der Waals surface area contributed by atoms with E-state index < -0.39 is 0 Å². The van der Waals surface area contributed by atoms with E-state index in [1.807, 2.05) is 0 Å². The lowest BCUT2D eigenvalue weighted by Gasteiger charge is -2.09. The summed E-state index contributed by atoms with van der Waals surface area (Å²) >= 11 is 14.4. The molecule has 80 valence electrons. The second kappa shape index (κ2) is 4.63. The molecule has 0 aliphatic heterocycles. The molecule has 6 heteroatoms. The van der Waals surface area contributed by atoms with Gasteiger partial charge in [0, 0.05) is 16.7 Å². The van der Waals surface area contributed by atoms with E-state index in [-0.39, 0.29) is 0 Å². The van der Waals surface area contributed by atoms with Crippen LogP contribution in [0.1, 0.15) is 12.8 Å². The molecule has 2 N–H and O–H groups in total. The van der Waals surface area contributed by atoms with Crippen molar-refractivity contribution >= 4 is 50.7 Å². The Morgan fingerprint density at radius 3 is 2.93 bits per heavy atom. The highest BCUT2D eigenvalue weighted by Crippen LogP contribution is 2.23. The first-order valence-corrected chi connectivity index (χ1v) is 6.11. The molecule has 1 aromatic rings. The Morgan fingerprint density at radius 2 is 2.33 bits per heavy atom. The molecule has 0 amide bonds. The van der Waals surface area contributed by atoms with Gasteiger partial charge in [-0.15, -0.1) is 0 Å². The molecule has 0 aromatic carbocycles. The summed E-state index contributed by atoms with van der Waals surface area (Å²) in [5.41, 5.74) is 0. The zero-order chi connectivity index (χ0) is 10.8. The third-order valence-corrected chi connectivity index (χ3v) is 2.89. The van der Waals surface area contributed by atoms with Crippen LogP contribution in [0.2, 0.25) is 5.02 Å². The smallest absolute Gasteiger partial charge is 0.172 e. The largest absolute Gasteiger partial charge is 0.360 e. The minimum absolute atomic E-state index is 0.527. The highest BCUT2D eigenvalue weighted by Gasteiger charge is 2.22. The molecule has 1 aliphatic carbocycles. The van der Waals surface area contributed by atoms with Gasteiger partial charge >= 0.3 is 0 Å². The molecular formula is C9H9BrClN3S. The maximum Gasteiger partial charge on any atom is 0.172 e. The van der Waals surface area contributed by atoms with E-state index in [0.717, 1.165) is 4.47 Å². The van der Waals surface area contributed by atoms with Crippen LogP contribution >= 0.6 is 39.7 Å². The summed E-state index contributed by atoms with van der Waals surface area (Å²) < 4.78 is 0.846. The number of pyridine rings is 1. The molecular weight excluding hydrogens is 298 g/mol. The predicted molar refractivity (Wildman–Crippen MR) is 69.3 cm³/mol. The molecule has 0 saturated heterocycles. The molecule has 0 radical (unpaired) electrons. The van der Waals surface area contributed by atoms with Gasteiger partial charge in [0.05, 0.1) is 5.02 Å². The number of rotatable bonds is 2. The van der Waals surface area contributed by atoms with Gasteiger partial charge in [-0.25, -0.2) is 4.98 Å². The number of nitrogens with zero attached hydrogens (tertiary/aromatic N) is 1. The van der Waals surface area contributed by atoms with Crippen molar-refractivity contribution in [3.8, 4) is 0 Å². The Bertz CT molecular complexity index is 395. The quantitative estimate of drug-likeness (QED) is 0.824. The van der Waals surface area contributed by atoms with E-state index in [0.29, 0.717) is 22.0 Å². The SMILES string of the molecule is S=C(Nc1ncc(Br)cc1Cl)NC1CC1. The fourth-order valence-corrected chi connectivity index (χ4v) is 2.00. The van der Waals surface area contributed by atoms with Crippen LogP contribution in [0.25, 0.3) is 0 Å². The molecule has 15 heavy (non-hydrogen) atoms. The van der Waals surface area contributed by atoms with Crippen LogP contribution in [0.5, 0.6) is 0 Å². The minimum Gasteiger partial charge on any atom is -0.360 e. The van der Waals surface area contributed by atoms with Crippen molar-refractivity contribution in [3.05, 3.63) is 21.8 Å². The Kier molecular flexibility index (Phi) is 3.43. The van der Waals surface area contributed by atoms with Crippen molar-refractivity contribution in [2.75, 3.05) is 5.32 Å². The van der Waals surface area contributed by atoms with Gasteiger partial charge in [0.2, 0.25) is 0 Å². The van der Waals surface area contributed by atoms with Gasteiger partial charge in [-0.3, -0.25) is 0 Å². The van der Waals surface area contributed by atoms with Crippen LogP contribution in [0.15, 0.2) is 16.7 Å². The van der Waals surface area contributed by atoms with Crippen molar-refractivity contribution in [1.82, 2.24) is 10.3 Å². The Hall–Kier alpha value is -0.390. The van der Waals surface area contributed by atoms with Crippen molar-refractivity contribution in [2.24, 2.45) is 0 Å². The van der Waals surface area contributed by atoms with Crippen LogP contribution < -0.4 is 10.6 Å². The number of hydrogen-bond acceptors (Lipinski definition) is 2. The van der Waals surface area contributed by atoms with Crippen LogP contribution in [0, 0.1) is 0 Å². The zero-order valence-corrected chi connectivity index (χ0v) is 10.9. The molecule has 1 aromatic heterocycles. The average Bonchev–Trinajstić information content (AvgIpc) is 2.94. The van der Waals surface area contributed by atoms with Crippen LogP contribution in [0.3, 0.4) is 0 Å². The van der Waals surface area contributed by atoms with E-state index in [9.17, 15) is 0 Å². The van der Waals surface area contributed by atoms with Gasteiger partial charge in [0.15, 0.2) is 10.9 Å². The number of nitrogens with one attached hydrogen (secondary N) is 2. The molecule has 1 saturated carbocycles. The lowest BCUT2D eigenvalue weighted by atomic mass is 10.4. The number of hydrogen-bond donors (Lipinski definition) is 2. The number of anilines is 1. The van der Waals surface area contributed by atoms with E-state index >= 15 is 0 Å². The Labute approximate surface area is 107 Å². The molecule has 1 fully saturated rings. The molecule has 0 atom stereocenters. The topological polar surface area (TPSA) is 37.0 Å². The monoisotopic (exact) mass is 305 g/mol. The maximum atomic E-state index is 5.98. The molecule has 1 aliphatic rings. The molecule has 0 bridgehead atoms. The molecule has 2 rings (SSSR count). The zero-order valence-electron chi connectivity index (χ0n) is 7.76. The van der Waals surface area contributed by atoms with Crippen molar-refractivity contribution in [1.29, 1.82) is 0 Å². The standard InChI is InChI=1S/C9H9BrClN3S/c10-5-3-7(11)8(12-4-5)14-9(15)13-6-1-2-6/h3-4,6H,1-2H2,(H2,12,13,14,15). The van der Waals surface area contributed by atoms with E-state index in [4.69, 9.17) is 23.8 Å². The molecule has 1 heterocycles. The fourth-order valence-electron chi connectivity index (χ4n) is 1.06. The average molecular weight is 307 g/mol. The van der Waals surface area contributed by atoms with Crippen molar-refractivity contribution in [3.63, 3.8) is 0 Å². The van der Waals surface area contributed by atoms with Gasteiger partial charge in [-0.2, -0.15) is 0 Å². The van der Waals surface area contributed by atoms with Gasteiger partial charge in [-0.1, -0.05) is 11.6 Å². The maximum absolute atomic E-state index is 5.98. The second-order valence-electron chi connectivity index (χ2n) is 3.36. The first kappa shape index (κ1) is 11.1. The van der Waals surface area contributed by atoms with Gasteiger partial charge in [-0.05, 0) is 47.1 Å². The van der Waals surface area contributed by atoms with Gasteiger partial charge in [0.1, 0.15) is 0 Å².